The summed E-state index contributed by atoms with van der Waals surface area (Å²) in [5.41, 5.74) is 1.87. The highest BCUT2D eigenvalue weighted by Gasteiger charge is 2.33. The van der Waals surface area contributed by atoms with Gasteiger partial charge in [-0.3, -0.25) is 19.1 Å². The second-order valence-corrected chi connectivity index (χ2v) is 12.0. The largest absolute Gasteiger partial charge is 0.494 e. The van der Waals surface area contributed by atoms with E-state index >= 15 is 0 Å². The summed E-state index contributed by atoms with van der Waals surface area (Å²) in [6.07, 6.45) is 6.81. The number of nitrogens with one attached hydrogen (secondary N) is 1. The van der Waals surface area contributed by atoms with E-state index in [1.807, 2.05) is 12.1 Å². The van der Waals surface area contributed by atoms with Gasteiger partial charge in [-0.2, -0.15) is 0 Å². The monoisotopic (exact) mass is 599 g/mol. The molecule has 9 nitrogen and oxygen atoms in total. The van der Waals surface area contributed by atoms with Crippen LogP contribution in [0.1, 0.15) is 47.3 Å². The molecule has 0 unspecified atom stereocenters. The van der Waals surface area contributed by atoms with Crippen molar-refractivity contribution in [1.82, 2.24) is 9.88 Å². The van der Waals surface area contributed by atoms with Gasteiger partial charge < -0.3 is 19.5 Å². The lowest BCUT2D eigenvalue weighted by Crippen LogP contribution is -2.34. The average Bonchev–Trinajstić information content (AvgIpc) is 3.56. The molecule has 4 heterocycles. The van der Waals surface area contributed by atoms with Gasteiger partial charge in [0.05, 0.1) is 40.8 Å². The minimum atomic E-state index is -0.516. The predicted molar refractivity (Wildman–Crippen MR) is 159 cm³/mol. The van der Waals surface area contributed by atoms with E-state index in [9.17, 15) is 14.4 Å². The Morgan fingerprint density at radius 1 is 1.15 bits per heavy atom. The third kappa shape index (κ3) is 7.12. The minimum Gasteiger partial charge on any atom is -0.494 e. The Morgan fingerprint density at radius 3 is 2.68 bits per heavy atom. The fourth-order valence-corrected chi connectivity index (χ4v) is 6.32. The molecule has 2 aliphatic heterocycles. The van der Waals surface area contributed by atoms with Crippen LogP contribution in [0.5, 0.6) is 5.75 Å². The van der Waals surface area contributed by atoms with Gasteiger partial charge in [0.2, 0.25) is 0 Å². The summed E-state index contributed by atoms with van der Waals surface area (Å²) in [6.45, 7) is 2.07. The lowest BCUT2D eigenvalue weighted by atomic mass is 9.91. The molecule has 2 amide bonds. The number of ether oxygens (including phenoxy) is 3. The Hall–Kier alpha value is -3.34. The van der Waals surface area contributed by atoms with Crippen LogP contribution in [0.25, 0.3) is 5.69 Å². The number of pyridine rings is 1. The summed E-state index contributed by atoms with van der Waals surface area (Å²) in [5.74, 6) is 0.794. The van der Waals surface area contributed by atoms with Gasteiger partial charge >= 0.3 is 6.09 Å². The molecule has 218 valence electrons. The van der Waals surface area contributed by atoms with Gasteiger partial charge in [-0.25, -0.2) is 4.79 Å². The predicted octanol–water partition coefficient (Wildman–Crippen LogP) is 5.46. The van der Waals surface area contributed by atoms with Crippen LogP contribution in [0, 0.1) is 5.92 Å². The lowest BCUT2D eigenvalue weighted by Gasteiger charge is -2.20. The van der Waals surface area contributed by atoms with E-state index in [1.165, 1.54) is 23.3 Å². The van der Waals surface area contributed by atoms with Crippen molar-refractivity contribution in [1.29, 1.82) is 0 Å². The second kappa shape index (κ2) is 13.5. The third-order valence-electron chi connectivity index (χ3n) is 7.55. The number of anilines is 1. The van der Waals surface area contributed by atoms with Crippen LogP contribution in [-0.4, -0.2) is 56.1 Å². The zero-order chi connectivity index (χ0) is 28.8. The van der Waals surface area contributed by atoms with Crippen molar-refractivity contribution in [2.45, 2.75) is 44.6 Å². The number of hydrogen-bond donors (Lipinski definition) is 1. The topological polar surface area (TPSA) is 99.1 Å². The molecule has 2 saturated heterocycles. The molecule has 0 spiro atoms. The smallest absolute Gasteiger partial charge is 0.414 e. The first-order valence-electron chi connectivity index (χ1n) is 13.9. The van der Waals surface area contributed by atoms with Gasteiger partial charge in [0.25, 0.3) is 11.5 Å². The minimum absolute atomic E-state index is 0.0730. The maximum Gasteiger partial charge on any atom is 0.414 e. The van der Waals surface area contributed by atoms with E-state index in [0.29, 0.717) is 32.3 Å². The van der Waals surface area contributed by atoms with E-state index in [4.69, 9.17) is 25.8 Å². The molecule has 0 bridgehead atoms. The van der Waals surface area contributed by atoms with Crippen molar-refractivity contribution in [3.05, 3.63) is 73.8 Å². The van der Waals surface area contributed by atoms with Gasteiger partial charge in [-0.1, -0.05) is 17.7 Å². The van der Waals surface area contributed by atoms with Crippen LogP contribution in [0.4, 0.5) is 10.5 Å². The standard InChI is InChI=1S/C30H34ClN3O6S/c1-38-25-17-22(34-19-23(40-30(34)37)18-32-28(35)26-12-13-27(31)41-26)10-11-24(25)33-14-2-7-21(29(33)36)9-8-20-5-3-15-39-16-4-6-20/h2,7,10-14,17,20,23H,3-6,8-9,15-16,18-19H2,1H3,(H,32,35)/t23-/m0/s1. The van der Waals surface area contributed by atoms with Crippen molar-refractivity contribution < 1.29 is 23.8 Å². The highest BCUT2D eigenvalue weighted by molar-refractivity contribution is 7.18. The number of cyclic esters (lactones) is 1. The van der Waals surface area contributed by atoms with E-state index < -0.39 is 12.2 Å². The number of benzene rings is 1. The van der Waals surface area contributed by atoms with Gasteiger partial charge in [-0.15, -0.1) is 11.3 Å². The third-order valence-corrected chi connectivity index (χ3v) is 8.78. The van der Waals surface area contributed by atoms with Crippen molar-refractivity contribution in [3.63, 3.8) is 0 Å². The molecule has 2 aliphatic rings. The Bertz CT molecular complexity index is 1430. The SMILES string of the molecule is COc1cc(N2C[C@H](CNC(=O)c3ccc(Cl)s3)OC2=O)ccc1-n1cccc(CCC2CCCOCCC2)c1=O. The number of thiophene rings is 1. The molecule has 1 aromatic carbocycles. The van der Waals surface area contributed by atoms with Gasteiger partial charge in [0.1, 0.15) is 11.9 Å². The maximum atomic E-state index is 13.5. The van der Waals surface area contributed by atoms with Crippen LogP contribution in [0.2, 0.25) is 4.34 Å². The number of aromatic nitrogens is 1. The zero-order valence-electron chi connectivity index (χ0n) is 23.0. The normalized spacial score (nSPS) is 18.0. The first-order chi connectivity index (χ1) is 19.9. The molecule has 0 radical (unpaired) electrons. The Morgan fingerprint density at radius 2 is 1.95 bits per heavy atom. The number of halogens is 1. The van der Waals surface area contributed by atoms with Crippen LogP contribution in [-0.2, 0) is 15.9 Å². The lowest BCUT2D eigenvalue weighted by molar-refractivity contribution is 0.0920. The summed E-state index contributed by atoms with van der Waals surface area (Å²) in [5, 5.41) is 2.79. The molecule has 0 aliphatic carbocycles. The Labute approximate surface area is 248 Å². The second-order valence-electron chi connectivity index (χ2n) is 10.3. The first-order valence-corrected chi connectivity index (χ1v) is 15.1. The van der Waals surface area contributed by atoms with Crippen molar-refractivity contribution in [3.8, 4) is 11.4 Å². The summed E-state index contributed by atoms with van der Waals surface area (Å²) in [6, 6.07) is 12.4. The number of carbonyl (C=O) groups excluding carboxylic acids is 2. The fraction of sp³-hybridized carbons (Fsp3) is 0.433. The summed E-state index contributed by atoms with van der Waals surface area (Å²) >= 11 is 7.10. The average molecular weight is 600 g/mol. The molecule has 3 aromatic rings. The van der Waals surface area contributed by atoms with Gasteiger partial charge in [0, 0.05) is 31.0 Å². The highest BCUT2D eigenvalue weighted by Crippen LogP contribution is 2.31. The summed E-state index contributed by atoms with van der Waals surface area (Å²) < 4.78 is 18.8. The van der Waals surface area contributed by atoms with Crippen LogP contribution in [0.3, 0.4) is 0 Å². The maximum absolute atomic E-state index is 13.5. The number of aryl methyl sites for hydroxylation is 1. The molecule has 1 N–H and O–H groups in total. The Balaban J connectivity index is 1.26. The van der Waals surface area contributed by atoms with Crippen molar-refractivity contribution in [2.75, 3.05) is 38.3 Å². The van der Waals surface area contributed by atoms with Crippen LogP contribution >= 0.6 is 22.9 Å². The quantitative estimate of drug-likeness (QED) is 0.351. The fourth-order valence-electron chi connectivity index (χ4n) is 5.36. The van der Waals surface area contributed by atoms with Gasteiger partial charge in [0.15, 0.2) is 0 Å². The van der Waals surface area contributed by atoms with E-state index in [2.05, 4.69) is 5.32 Å². The number of methoxy groups -OCH3 is 1. The molecular formula is C30H34ClN3O6S. The molecule has 2 fully saturated rings. The van der Waals surface area contributed by atoms with Crippen LogP contribution < -0.4 is 20.5 Å². The highest BCUT2D eigenvalue weighted by atomic mass is 35.5. The molecule has 11 heteroatoms. The van der Waals surface area contributed by atoms with Crippen molar-refractivity contribution in [2.24, 2.45) is 5.92 Å². The van der Waals surface area contributed by atoms with E-state index in [-0.39, 0.29) is 24.6 Å². The number of hydrogen-bond acceptors (Lipinski definition) is 7. The number of rotatable bonds is 9. The van der Waals surface area contributed by atoms with E-state index in [0.717, 1.165) is 57.3 Å². The van der Waals surface area contributed by atoms with Crippen molar-refractivity contribution >= 4 is 40.6 Å². The molecule has 0 saturated carbocycles. The Kier molecular flexibility index (Phi) is 9.64. The van der Waals surface area contributed by atoms with Gasteiger partial charge in [-0.05, 0) is 74.8 Å². The number of amides is 2. The molecule has 2 aromatic heterocycles. The molecule has 41 heavy (non-hydrogen) atoms. The summed E-state index contributed by atoms with van der Waals surface area (Å²) in [4.78, 5) is 40.5. The zero-order valence-corrected chi connectivity index (χ0v) is 24.5. The van der Waals surface area contributed by atoms with Crippen LogP contribution in [0.15, 0.2) is 53.5 Å². The first kappa shape index (κ1) is 29.2. The number of carbonyl (C=O) groups is 2. The van der Waals surface area contributed by atoms with E-state index in [1.54, 1.807) is 41.1 Å². The molecule has 1 atom stereocenters. The molecule has 5 rings (SSSR count). The molecular weight excluding hydrogens is 566 g/mol. The number of nitrogens with zero attached hydrogens (tertiary/aromatic N) is 2. The summed E-state index contributed by atoms with van der Waals surface area (Å²) in [7, 11) is 1.54.